The van der Waals surface area contributed by atoms with Crippen LogP contribution in [0.4, 0.5) is 0 Å². The number of rotatable bonds is 1. The standard InChI is InChI=1S/C7H13NO2.ClH/c1-10-7(9)6-3-2-4-8-5-6;/h6,8H,2-5H2,1H3;1H/t6-;/m0./s1. The van der Waals surface area contributed by atoms with Gasteiger partial charge in [0.25, 0.3) is 0 Å². The van der Waals surface area contributed by atoms with E-state index < -0.39 is 0 Å². The number of halogens is 1. The second kappa shape index (κ2) is 5.38. The van der Waals surface area contributed by atoms with E-state index in [1.165, 1.54) is 7.11 Å². The summed E-state index contributed by atoms with van der Waals surface area (Å²) in [6.07, 6.45) is 2.05. The second-order valence-electron chi connectivity index (χ2n) is 2.57. The second-order valence-corrected chi connectivity index (χ2v) is 2.57. The van der Waals surface area contributed by atoms with Crippen LogP contribution in [0.1, 0.15) is 12.8 Å². The number of hydrogen-bond donors (Lipinski definition) is 1. The number of carbonyl (C=O) groups excluding carboxylic acids is 1. The molecule has 11 heavy (non-hydrogen) atoms. The van der Waals surface area contributed by atoms with E-state index in [4.69, 9.17) is 0 Å². The Bertz CT molecular complexity index is 124. The average Bonchev–Trinajstić information content (AvgIpc) is 2.05. The SMILES string of the molecule is COC(=O)[C@H]1CCCNC1.Cl. The van der Waals surface area contributed by atoms with Crippen molar-refractivity contribution in [2.45, 2.75) is 12.8 Å². The van der Waals surface area contributed by atoms with Crippen molar-refractivity contribution in [2.75, 3.05) is 20.2 Å². The van der Waals surface area contributed by atoms with Gasteiger partial charge in [0.05, 0.1) is 13.0 Å². The molecule has 1 atom stereocenters. The zero-order valence-electron chi connectivity index (χ0n) is 6.63. The normalized spacial score (nSPS) is 23.5. The first-order chi connectivity index (χ1) is 4.84. The Hall–Kier alpha value is -0.280. The van der Waals surface area contributed by atoms with Crippen LogP contribution in [0.25, 0.3) is 0 Å². The molecule has 1 saturated heterocycles. The third-order valence-corrected chi connectivity index (χ3v) is 1.83. The molecule has 0 amide bonds. The van der Waals surface area contributed by atoms with Crippen LogP contribution in [-0.4, -0.2) is 26.2 Å². The largest absolute Gasteiger partial charge is 0.469 e. The molecule has 0 unspecified atom stereocenters. The smallest absolute Gasteiger partial charge is 0.309 e. The number of esters is 1. The van der Waals surface area contributed by atoms with Crippen molar-refractivity contribution in [1.82, 2.24) is 5.32 Å². The summed E-state index contributed by atoms with van der Waals surface area (Å²) < 4.78 is 4.61. The molecule has 1 N–H and O–H groups in total. The maximum Gasteiger partial charge on any atom is 0.309 e. The summed E-state index contributed by atoms with van der Waals surface area (Å²) in [6.45, 7) is 1.82. The zero-order chi connectivity index (χ0) is 7.40. The maximum absolute atomic E-state index is 10.9. The number of carbonyl (C=O) groups is 1. The molecule has 0 aliphatic carbocycles. The molecule has 1 fully saturated rings. The van der Waals surface area contributed by atoms with Crippen LogP contribution in [-0.2, 0) is 9.53 Å². The molecule has 1 rings (SSSR count). The molecule has 0 aromatic rings. The van der Waals surface area contributed by atoms with Crippen molar-refractivity contribution in [3.05, 3.63) is 0 Å². The van der Waals surface area contributed by atoms with Gasteiger partial charge in [-0.2, -0.15) is 0 Å². The third kappa shape index (κ3) is 3.08. The molecular formula is C7H14ClNO2. The first-order valence-corrected chi connectivity index (χ1v) is 3.63. The van der Waals surface area contributed by atoms with Gasteiger partial charge in [-0.15, -0.1) is 12.4 Å². The van der Waals surface area contributed by atoms with Crippen molar-refractivity contribution in [3.8, 4) is 0 Å². The van der Waals surface area contributed by atoms with Gasteiger partial charge in [-0.3, -0.25) is 4.79 Å². The van der Waals surface area contributed by atoms with Gasteiger partial charge in [-0.05, 0) is 19.4 Å². The molecule has 1 aliphatic heterocycles. The Balaban J connectivity index is 0.000001000. The highest BCUT2D eigenvalue weighted by Gasteiger charge is 2.20. The first kappa shape index (κ1) is 10.7. The van der Waals surface area contributed by atoms with Gasteiger partial charge in [0.2, 0.25) is 0 Å². The number of methoxy groups -OCH3 is 1. The number of nitrogens with one attached hydrogen (secondary N) is 1. The number of ether oxygens (including phenoxy) is 1. The predicted octanol–water partition coefficient (Wildman–Crippen LogP) is 0.581. The Morgan fingerprint density at radius 3 is 2.82 bits per heavy atom. The van der Waals surface area contributed by atoms with E-state index >= 15 is 0 Å². The molecule has 0 radical (unpaired) electrons. The van der Waals surface area contributed by atoms with Crippen LogP contribution < -0.4 is 5.32 Å². The summed E-state index contributed by atoms with van der Waals surface area (Å²) in [7, 11) is 1.44. The lowest BCUT2D eigenvalue weighted by molar-refractivity contribution is -0.145. The summed E-state index contributed by atoms with van der Waals surface area (Å²) in [5, 5.41) is 3.15. The van der Waals surface area contributed by atoms with Crippen LogP contribution in [0.2, 0.25) is 0 Å². The molecular weight excluding hydrogens is 166 g/mol. The van der Waals surface area contributed by atoms with Crippen molar-refractivity contribution >= 4 is 18.4 Å². The maximum atomic E-state index is 10.9. The minimum absolute atomic E-state index is 0. The summed E-state index contributed by atoms with van der Waals surface area (Å²) >= 11 is 0. The van der Waals surface area contributed by atoms with E-state index in [2.05, 4.69) is 10.1 Å². The Morgan fingerprint density at radius 1 is 1.64 bits per heavy atom. The van der Waals surface area contributed by atoms with E-state index in [-0.39, 0.29) is 24.3 Å². The number of piperidine rings is 1. The van der Waals surface area contributed by atoms with E-state index in [1.807, 2.05) is 0 Å². The van der Waals surface area contributed by atoms with Crippen molar-refractivity contribution in [3.63, 3.8) is 0 Å². The molecule has 0 aromatic heterocycles. The molecule has 3 nitrogen and oxygen atoms in total. The molecule has 1 heterocycles. The quantitative estimate of drug-likeness (QED) is 0.599. The highest BCUT2D eigenvalue weighted by molar-refractivity contribution is 5.85. The van der Waals surface area contributed by atoms with Gasteiger partial charge in [-0.25, -0.2) is 0 Å². The molecule has 0 aromatic carbocycles. The lowest BCUT2D eigenvalue weighted by Crippen LogP contribution is -2.34. The Labute approximate surface area is 72.9 Å². The van der Waals surface area contributed by atoms with E-state index in [1.54, 1.807) is 0 Å². The van der Waals surface area contributed by atoms with E-state index in [9.17, 15) is 4.79 Å². The molecule has 4 heteroatoms. The van der Waals surface area contributed by atoms with Crippen LogP contribution in [0.5, 0.6) is 0 Å². The van der Waals surface area contributed by atoms with Gasteiger partial charge >= 0.3 is 5.97 Å². The summed E-state index contributed by atoms with van der Waals surface area (Å²) in [5.74, 6) is 0.0194. The molecule has 0 bridgehead atoms. The Morgan fingerprint density at radius 2 is 2.36 bits per heavy atom. The van der Waals surface area contributed by atoms with E-state index in [0.717, 1.165) is 25.9 Å². The highest BCUT2D eigenvalue weighted by atomic mass is 35.5. The van der Waals surface area contributed by atoms with Gasteiger partial charge < -0.3 is 10.1 Å². The van der Waals surface area contributed by atoms with Crippen LogP contribution in [0.15, 0.2) is 0 Å². The molecule has 0 saturated carbocycles. The fraction of sp³-hybridized carbons (Fsp3) is 0.857. The summed E-state index contributed by atoms with van der Waals surface area (Å²) in [6, 6.07) is 0. The summed E-state index contributed by atoms with van der Waals surface area (Å²) in [4.78, 5) is 10.9. The van der Waals surface area contributed by atoms with Gasteiger partial charge in [0.1, 0.15) is 0 Å². The Kier molecular flexibility index (Phi) is 5.24. The van der Waals surface area contributed by atoms with Crippen molar-refractivity contribution in [2.24, 2.45) is 5.92 Å². The van der Waals surface area contributed by atoms with Crippen LogP contribution >= 0.6 is 12.4 Å². The van der Waals surface area contributed by atoms with Gasteiger partial charge in [-0.1, -0.05) is 0 Å². The van der Waals surface area contributed by atoms with Crippen LogP contribution in [0.3, 0.4) is 0 Å². The minimum atomic E-state index is -0.0767. The lowest BCUT2D eigenvalue weighted by atomic mass is 10.0. The van der Waals surface area contributed by atoms with Crippen LogP contribution in [0, 0.1) is 5.92 Å². The van der Waals surface area contributed by atoms with Gasteiger partial charge in [0.15, 0.2) is 0 Å². The van der Waals surface area contributed by atoms with Crippen molar-refractivity contribution in [1.29, 1.82) is 0 Å². The molecule has 0 spiro atoms. The topological polar surface area (TPSA) is 38.3 Å². The van der Waals surface area contributed by atoms with Gasteiger partial charge in [0, 0.05) is 6.54 Å². The first-order valence-electron chi connectivity index (χ1n) is 3.63. The monoisotopic (exact) mass is 179 g/mol. The lowest BCUT2D eigenvalue weighted by Gasteiger charge is -2.19. The minimum Gasteiger partial charge on any atom is -0.469 e. The molecule has 66 valence electrons. The number of hydrogen-bond acceptors (Lipinski definition) is 3. The van der Waals surface area contributed by atoms with Crippen molar-refractivity contribution < 1.29 is 9.53 Å². The fourth-order valence-corrected chi connectivity index (χ4v) is 1.22. The predicted molar refractivity (Wildman–Crippen MR) is 44.9 cm³/mol. The fourth-order valence-electron chi connectivity index (χ4n) is 1.22. The molecule has 1 aliphatic rings. The highest BCUT2D eigenvalue weighted by Crippen LogP contribution is 2.10. The zero-order valence-corrected chi connectivity index (χ0v) is 7.45. The van der Waals surface area contributed by atoms with E-state index in [0.29, 0.717) is 0 Å². The average molecular weight is 180 g/mol. The third-order valence-electron chi connectivity index (χ3n) is 1.83. The summed E-state index contributed by atoms with van der Waals surface area (Å²) in [5.41, 5.74) is 0.